The molecule has 0 unspecified atom stereocenters. The molecule has 1 rings (SSSR count). The quantitative estimate of drug-likeness (QED) is 0.622. The fourth-order valence-electron chi connectivity index (χ4n) is 3.14. The first kappa shape index (κ1) is 18.2. The topological polar surface area (TPSA) is 72.5 Å². The third-order valence-electron chi connectivity index (χ3n) is 3.46. The van der Waals surface area contributed by atoms with Crippen LogP contribution >= 0.6 is 0 Å². The molecule has 1 aliphatic heterocycles. The number of carbonyl (C=O) groups excluding carboxylic acids is 1. The number of carbonyl (C=O) groups is 1. The molecule has 5 nitrogen and oxygen atoms in total. The van der Waals surface area contributed by atoms with Gasteiger partial charge in [-0.3, -0.25) is 0 Å². The summed E-state index contributed by atoms with van der Waals surface area (Å²) in [6.45, 7) is 13.3. The van der Waals surface area contributed by atoms with Crippen molar-refractivity contribution in [2.24, 2.45) is 5.41 Å². The van der Waals surface area contributed by atoms with Crippen LogP contribution in [0.3, 0.4) is 0 Å². The molecule has 0 saturated carbocycles. The van der Waals surface area contributed by atoms with E-state index in [0.717, 1.165) is 0 Å². The third kappa shape index (κ3) is 5.11. The van der Waals surface area contributed by atoms with Crippen molar-refractivity contribution in [3.63, 3.8) is 0 Å². The summed E-state index contributed by atoms with van der Waals surface area (Å²) < 4.78 is 28.2. The van der Waals surface area contributed by atoms with Gasteiger partial charge in [0.15, 0.2) is 4.86 Å². The predicted molar refractivity (Wildman–Crippen MR) is 83.8 cm³/mol. The van der Waals surface area contributed by atoms with Gasteiger partial charge in [-0.25, -0.2) is 4.79 Å². The van der Waals surface area contributed by atoms with Gasteiger partial charge in [0.2, 0.25) is 10.3 Å². The minimum Gasteiger partial charge on any atom is -0.458 e. The zero-order valence-electron chi connectivity index (χ0n) is 14.0. The fraction of sp³-hybridized carbons (Fsp3) is 0.867. The summed E-state index contributed by atoms with van der Waals surface area (Å²) in [5, 5.41) is 3.50. The van der Waals surface area contributed by atoms with Gasteiger partial charge in [-0.2, -0.15) is 8.42 Å². The molecule has 1 heterocycles. The van der Waals surface area contributed by atoms with Crippen molar-refractivity contribution in [1.29, 1.82) is 0 Å². The first-order valence-corrected chi connectivity index (χ1v) is 8.28. The maximum atomic E-state index is 12.2. The highest BCUT2D eigenvalue weighted by Crippen LogP contribution is 2.31. The van der Waals surface area contributed by atoms with Gasteiger partial charge in [0, 0.05) is 29.3 Å². The number of rotatable bonds is 2. The number of esters is 1. The van der Waals surface area contributed by atoms with Crippen LogP contribution in [0, 0.1) is 5.41 Å². The van der Waals surface area contributed by atoms with Crippen molar-refractivity contribution in [2.45, 2.75) is 78.5 Å². The summed E-state index contributed by atoms with van der Waals surface area (Å²) in [5.41, 5.74) is -1.09. The zero-order chi connectivity index (χ0) is 16.6. The van der Waals surface area contributed by atoms with Gasteiger partial charge in [0.1, 0.15) is 6.10 Å². The Kier molecular flexibility index (Phi) is 4.95. The van der Waals surface area contributed by atoms with Crippen LogP contribution in [-0.4, -0.2) is 36.4 Å². The fourth-order valence-corrected chi connectivity index (χ4v) is 3.83. The third-order valence-corrected chi connectivity index (χ3v) is 4.57. The Balaban J connectivity index is 2.96. The Morgan fingerprint density at radius 3 is 1.86 bits per heavy atom. The van der Waals surface area contributed by atoms with Gasteiger partial charge in [0.25, 0.3) is 0 Å². The lowest BCUT2D eigenvalue weighted by Gasteiger charge is -2.46. The van der Waals surface area contributed by atoms with E-state index in [1.54, 1.807) is 20.8 Å². The van der Waals surface area contributed by atoms with E-state index in [-0.39, 0.29) is 22.0 Å². The minimum absolute atomic E-state index is 0.161. The minimum atomic E-state index is -2.57. The smallest absolute Gasteiger partial charge is 0.350 e. The lowest BCUT2D eigenvalue weighted by atomic mass is 9.81. The summed E-state index contributed by atoms with van der Waals surface area (Å²) >= 11 is 0. The average molecular weight is 317 g/mol. The standard InChI is InChI=1S/C15H27NO4S/c1-13(2,3)11(21(18)19)12(17)20-10-8-14(4,5)16-15(6,7)9-10/h10,16H,8-9H2,1-7H3. The van der Waals surface area contributed by atoms with Crippen molar-refractivity contribution < 1.29 is 17.9 Å². The maximum Gasteiger partial charge on any atom is 0.350 e. The van der Waals surface area contributed by atoms with Crippen molar-refractivity contribution in [2.75, 3.05) is 0 Å². The van der Waals surface area contributed by atoms with Crippen molar-refractivity contribution in [1.82, 2.24) is 5.32 Å². The maximum absolute atomic E-state index is 12.2. The number of ether oxygens (including phenoxy) is 1. The Labute approximate surface area is 129 Å². The summed E-state index contributed by atoms with van der Waals surface area (Å²) in [5.74, 6) is -0.727. The molecule has 6 heteroatoms. The van der Waals surface area contributed by atoms with E-state index < -0.39 is 21.7 Å². The van der Waals surface area contributed by atoms with Gasteiger partial charge in [0.05, 0.1) is 0 Å². The van der Waals surface area contributed by atoms with Gasteiger partial charge in [-0.05, 0) is 27.7 Å². The van der Waals surface area contributed by atoms with E-state index in [1.807, 2.05) is 0 Å². The van der Waals surface area contributed by atoms with E-state index >= 15 is 0 Å². The largest absolute Gasteiger partial charge is 0.458 e. The SMILES string of the molecule is CC1(C)CC(OC(=O)C(=S(=O)=O)C(C)(C)C)CC(C)(C)N1. The van der Waals surface area contributed by atoms with Crippen molar-refractivity contribution in [3.05, 3.63) is 0 Å². The molecule has 0 aliphatic carbocycles. The van der Waals surface area contributed by atoms with Crippen LogP contribution in [0.1, 0.15) is 61.3 Å². The molecule has 0 radical (unpaired) electrons. The second-order valence-corrected chi connectivity index (χ2v) is 9.02. The molecule has 0 aromatic rings. The number of hydrogen-bond donors (Lipinski definition) is 1. The molecule has 0 bridgehead atoms. The van der Waals surface area contributed by atoms with Crippen LogP contribution in [0.25, 0.3) is 0 Å². The first-order chi connectivity index (χ1) is 9.23. The lowest BCUT2D eigenvalue weighted by molar-refractivity contribution is -0.145. The molecule has 0 aromatic heterocycles. The van der Waals surface area contributed by atoms with Gasteiger partial charge >= 0.3 is 5.97 Å². The van der Waals surface area contributed by atoms with E-state index in [0.29, 0.717) is 12.8 Å². The number of piperidine rings is 1. The summed E-state index contributed by atoms with van der Waals surface area (Å²) in [6, 6.07) is 0. The van der Waals surface area contributed by atoms with E-state index in [2.05, 4.69) is 33.0 Å². The Bertz CT molecular complexity index is 529. The van der Waals surface area contributed by atoms with Crippen molar-refractivity contribution in [3.8, 4) is 0 Å². The Hall–Kier alpha value is -0.880. The van der Waals surface area contributed by atoms with Crippen LogP contribution in [0.2, 0.25) is 0 Å². The number of nitrogens with one attached hydrogen (secondary N) is 1. The molecule has 21 heavy (non-hydrogen) atoms. The van der Waals surface area contributed by atoms with Crippen LogP contribution in [0.4, 0.5) is 0 Å². The molecule has 0 amide bonds. The molecule has 0 atom stereocenters. The molecule has 122 valence electrons. The summed E-state index contributed by atoms with van der Waals surface area (Å²) in [7, 11) is -2.57. The van der Waals surface area contributed by atoms with Crippen LogP contribution in [-0.2, 0) is 19.8 Å². The van der Waals surface area contributed by atoms with Gasteiger partial charge < -0.3 is 10.1 Å². The Morgan fingerprint density at radius 2 is 1.52 bits per heavy atom. The van der Waals surface area contributed by atoms with Crippen LogP contribution in [0.5, 0.6) is 0 Å². The average Bonchev–Trinajstić information content (AvgIpc) is 2.06. The highest BCUT2D eigenvalue weighted by Gasteiger charge is 2.40. The molecular formula is C15H27NO4S. The second kappa shape index (κ2) is 5.72. The van der Waals surface area contributed by atoms with E-state index in [1.165, 1.54) is 0 Å². The molecular weight excluding hydrogens is 290 g/mol. The van der Waals surface area contributed by atoms with E-state index in [4.69, 9.17) is 4.74 Å². The summed E-state index contributed by atoms with van der Waals surface area (Å²) in [6.07, 6.45) is 1.03. The van der Waals surface area contributed by atoms with Crippen LogP contribution < -0.4 is 5.32 Å². The normalized spacial score (nSPS) is 21.7. The highest BCUT2D eigenvalue weighted by molar-refractivity contribution is 7.74. The molecule has 1 N–H and O–H groups in total. The molecule has 1 aliphatic rings. The van der Waals surface area contributed by atoms with Gasteiger partial charge in [-0.1, -0.05) is 20.8 Å². The predicted octanol–water partition coefficient (Wildman–Crippen LogP) is 1.94. The van der Waals surface area contributed by atoms with Crippen LogP contribution in [0.15, 0.2) is 0 Å². The molecule has 1 fully saturated rings. The zero-order valence-corrected chi connectivity index (χ0v) is 14.8. The molecule has 0 aromatic carbocycles. The first-order valence-electron chi connectivity index (χ1n) is 7.21. The lowest BCUT2D eigenvalue weighted by Crippen LogP contribution is -2.60. The Morgan fingerprint density at radius 1 is 1.10 bits per heavy atom. The second-order valence-electron chi connectivity index (χ2n) is 8.14. The van der Waals surface area contributed by atoms with Gasteiger partial charge in [-0.15, -0.1) is 0 Å². The van der Waals surface area contributed by atoms with E-state index in [9.17, 15) is 13.2 Å². The highest BCUT2D eigenvalue weighted by atomic mass is 32.2. The monoisotopic (exact) mass is 317 g/mol. The molecule has 0 spiro atoms. The molecule has 1 saturated heterocycles. The number of hydrogen-bond acceptors (Lipinski definition) is 5. The summed E-state index contributed by atoms with van der Waals surface area (Å²) in [4.78, 5) is 12.1. The van der Waals surface area contributed by atoms with Crippen molar-refractivity contribution >= 4 is 21.1 Å².